The number of nitrogens with two attached hydrogens (primary N) is 1. The molecule has 1 aromatic heterocycles. The van der Waals surface area contributed by atoms with Crippen molar-refractivity contribution < 1.29 is 4.74 Å². The van der Waals surface area contributed by atoms with Gasteiger partial charge >= 0.3 is 0 Å². The normalized spacial score (nSPS) is 15.6. The van der Waals surface area contributed by atoms with Crippen LogP contribution in [-0.2, 0) is 12.8 Å². The number of methoxy groups -OCH3 is 1. The van der Waals surface area contributed by atoms with Gasteiger partial charge < -0.3 is 10.5 Å². The van der Waals surface area contributed by atoms with Crippen LogP contribution < -0.4 is 10.5 Å². The molecule has 21 heavy (non-hydrogen) atoms. The van der Waals surface area contributed by atoms with Crippen LogP contribution in [0.4, 0.5) is 0 Å². The highest BCUT2D eigenvalue weighted by Gasteiger charge is 2.20. The van der Waals surface area contributed by atoms with Crippen molar-refractivity contribution in [2.24, 2.45) is 5.73 Å². The Hall–Kier alpha value is -0.740. The molecule has 2 nitrogen and oxygen atoms in total. The predicted octanol–water partition coefficient (Wildman–Crippen LogP) is 4.99. The van der Waals surface area contributed by atoms with Gasteiger partial charge in [0.25, 0.3) is 0 Å². The van der Waals surface area contributed by atoms with E-state index in [1.54, 1.807) is 24.5 Å². The summed E-state index contributed by atoms with van der Waals surface area (Å²) in [5.74, 6) is 0.572. The Morgan fingerprint density at radius 2 is 1.90 bits per heavy atom. The summed E-state index contributed by atoms with van der Waals surface area (Å²) < 4.78 is 5.18. The Kier molecular flexibility index (Phi) is 4.46. The van der Waals surface area contributed by atoms with E-state index in [1.165, 1.54) is 29.7 Å². The zero-order chi connectivity index (χ0) is 15.0. The maximum Gasteiger partial charge on any atom is 0.138 e. The number of rotatable bonds is 3. The predicted molar refractivity (Wildman–Crippen MR) is 90.0 cm³/mol. The second-order valence-electron chi connectivity index (χ2n) is 5.29. The maximum absolute atomic E-state index is 6.42. The van der Waals surface area contributed by atoms with E-state index in [0.29, 0.717) is 15.8 Å². The van der Waals surface area contributed by atoms with Crippen LogP contribution >= 0.6 is 34.5 Å². The molecule has 1 unspecified atom stereocenters. The summed E-state index contributed by atoms with van der Waals surface area (Å²) >= 11 is 14.3. The average Bonchev–Trinajstić information content (AvgIpc) is 2.92. The maximum atomic E-state index is 6.42. The van der Waals surface area contributed by atoms with Crippen LogP contribution in [0.15, 0.2) is 18.2 Å². The number of halogens is 2. The van der Waals surface area contributed by atoms with Crippen LogP contribution in [0.2, 0.25) is 10.0 Å². The van der Waals surface area contributed by atoms with Gasteiger partial charge in [-0.15, -0.1) is 11.3 Å². The van der Waals surface area contributed by atoms with Crippen molar-refractivity contribution in [1.82, 2.24) is 0 Å². The first-order valence-electron chi connectivity index (χ1n) is 7.00. The van der Waals surface area contributed by atoms with E-state index in [9.17, 15) is 0 Å². The first-order chi connectivity index (χ1) is 10.1. The molecule has 1 heterocycles. The first-order valence-corrected chi connectivity index (χ1v) is 8.57. The summed E-state index contributed by atoms with van der Waals surface area (Å²) in [5, 5.41) is 1.13. The fraction of sp³-hybridized carbons (Fsp3) is 0.375. The monoisotopic (exact) mass is 341 g/mol. The highest BCUT2D eigenvalue weighted by molar-refractivity contribution is 7.12. The van der Waals surface area contributed by atoms with E-state index in [1.807, 2.05) is 6.07 Å². The zero-order valence-corrected chi connectivity index (χ0v) is 14.1. The minimum Gasteiger partial charge on any atom is -0.495 e. The third-order valence-electron chi connectivity index (χ3n) is 3.93. The van der Waals surface area contributed by atoms with Gasteiger partial charge in [0.2, 0.25) is 0 Å². The van der Waals surface area contributed by atoms with E-state index >= 15 is 0 Å². The third kappa shape index (κ3) is 2.93. The smallest absolute Gasteiger partial charge is 0.138 e. The minimum absolute atomic E-state index is 0.239. The zero-order valence-electron chi connectivity index (χ0n) is 11.8. The lowest BCUT2D eigenvalue weighted by Crippen LogP contribution is -2.11. The molecule has 1 atom stereocenters. The molecular formula is C16H17Cl2NOS. The SMILES string of the molecule is COc1cc(Cl)c(C(N)c2cc3c(s2)CCCC3)cc1Cl. The summed E-state index contributed by atoms with van der Waals surface area (Å²) in [7, 11) is 1.57. The van der Waals surface area contributed by atoms with Gasteiger partial charge in [-0.25, -0.2) is 0 Å². The second-order valence-corrected chi connectivity index (χ2v) is 7.27. The summed E-state index contributed by atoms with van der Waals surface area (Å²) in [6.45, 7) is 0. The van der Waals surface area contributed by atoms with Crippen LogP contribution in [0, 0.1) is 0 Å². The molecule has 2 aromatic rings. The summed E-state index contributed by atoms with van der Waals surface area (Å²) in [6, 6.07) is 5.54. The van der Waals surface area contributed by atoms with Gasteiger partial charge in [0.05, 0.1) is 18.2 Å². The topological polar surface area (TPSA) is 35.2 Å². The number of benzene rings is 1. The second kappa shape index (κ2) is 6.17. The van der Waals surface area contributed by atoms with Crippen molar-refractivity contribution in [2.45, 2.75) is 31.7 Å². The van der Waals surface area contributed by atoms with Crippen molar-refractivity contribution in [1.29, 1.82) is 0 Å². The van der Waals surface area contributed by atoms with Crippen LogP contribution in [0.5, 0.6) is 5.75 Å². The lowest BCUT2D eigenvalue weighted by atomic mass is 9.98. The standard InChI is InChI=1S/C16H17Cl2NOS/c1-20-13-8-11(17)10(7-12(13)18)16(19)15-6-9-4-2-3-5-14(9)21-15/h6-8,16H,2-5,19H2,1H3. The van der Waals surface area contributed by atoms with Gasteiger partial charge in [0.1, 0.15) is 5.75 Å². The molecule has 2 N–H and O–H groups in total. The molecule has 0 saturated carbocycles. The van der Waals surface area contributed by atoms with E-state index < -0.39 is 0 Å². The Bertz CT molecular complexity index is 645. The number of ether oxygens (including phenoxy) is 1. The summed E-state index contributed by atoms with van der Waals surface area (Å²) in [5.41, 5.74) is 8.72. The van der Waals surface area contributed by atoms with Gasteiger partial charge in [-0.1, -0.05) is 23.2 Å². The number of thiophene rings is 1. The van der Waals surface area contributed by atoms with Crippen LogP contribution in [0.3, 0.4) is 0 Å². The van der Waals surface area contributed by atoms with Crippen LogP contribution in [0.25, 0.3) is 0 Å². The van der Waals surface area contributed by atoms with Crippen molar-refractivity contribution in [3.63, 3.8) is 0 Å². The molecule has 0 bridgehead atoms. The Morgan fingerprint density at radius 3 is 2.62 bits per heavy atom. The quantitative estimate of drug-likeness (QED) is 0.853. The highest BCUT2D eigenvalue weighted by atomic mass is 35.5. The Balaban J connectivity index is 1.96. The molecule has 3 rings (SSSR count). The molecule has 0 spiro atoms. The van der Waals surface area contributed by atoms with E-state index in [-0.39, 0.29) is 6.04 Å². The molecule has 0 saturated heterocycles. The van der Waals surface area contributed by atoms with Gasteiger partial charge in [0.15, 0.2) is 0 Å². The number of aryl methyl sites for hydroxylation is 2. The molecule has 0 radical (unpaired) electrons. The average molecular weight is 342 g/mol. The van der Waals surface area contributed by atoms with Gasteiger partial charge in [-0.3, -0.25) is 0 Å². The molecular weight excluding hydrogens is 325 g/mol. The van der Waals surface area contributed by atoms with Crippen molar-refractivity contribution in [3.8, 4) is 5.75 Å². The van der Waals surface area contributed by atoms with Crippen molar-refractivity contribution in [2.75, 3.05) is 7.11 Å². The minimum atomic E-state index is -0.239. The van der Waals surface area contributed by atoms with Crippen molar-refractivity contribution >= 4 is 34.5 Å². The van der Waals surface area contributed by atoms with Gasteiger partial charge in [0, 0.05) is 20.8 Å². The molecule has 1 aliphatic rings. The van der Waals surface area contributed by atoms with Gasteiger partial charge in [-0.05, 0) is 48.9 Å². The fourth-order valence-corrected chi connectivity index (χ4v) is 4.56. The molecule has 5 heteroatoms. The van der Waals surface area contributed by atoms with Gasteiger partial charge in [-0.2, -0.15) is 0 Å². The van der Waals surface area contributed by atoms with Crippen LogP contribution in [-0.4, -0.2) is 7.11 Å². The number of hydrogen-bond donors (Lipinski definition) is 1. The summed E-state index contributed by atoms with van der Waals surface area (Å²) in [4.78, 5) is 2.63. The fourth-order valence-electron chi connectivity index (χ4n) is 2.76. The van der Waals surface area contributed by atoms with Crippen molar-refractivity contribution in [3.05, 3.63) is 49.1 Å². The lowest BCUT2D eigenvalue weighted by molar-refractivity contribution is 0.415. The molecule has 0 aliphatic heterocycles. The molecule has 1 aliphatic carbocycles. The molecule has 0 amide bonds. The Morgan fingerprint density at radius 1 is 1.14 bits per heavy atom. The molecule has 112 valence electrons. The highest BCUT2D eigenvalue weighted by Crippen LogP contribution is 2.39. The molecule has 0 fully saturated rings. The van der Waals surface area contributed by atoms with E-state index in [0.717, 1.165) is 16.9 Å². The van der Waals surface area contributed by atoms with E-state index in [2.05, 4.69) is 6.07 Å². The largest absolute Gasteiger partial charge is 0.495 e. The molecule has 1 aromatic carbocycles. The van der Waals surface area contributed by atoms with Crippen LogP contribution in [0.1, 0.15) is 39.8 Å². The first kappa shape index (κ1) is 15.2. The number of hydrogen-bond acceptors (Lipinski definition) is 3. The Labute approximate surface area is 138 Å². The lowest BCUT2D eigenvalue weighted by Gasteiger charge is -2.14. The number of fused-ring (bicyclic) bond motifs is 1. The third-order valence-corrected chi connectivity index (χ3v) is 5.87. The summed E-state index contributed by atoms with van der Waals surface area (Å²) in [6.07, 6.45) is 4.88. The van der Waals surface area contributed by atoms with E-state index in [4.69, 9.17) is 33.7 Å².